The van der Waals surface area contributed by atoms with Crippen molar-refractivity contribution in [3.63, 3.8) is 0 Å². The van der Waals surface area contributed by atoms with E-state index in [4.69, 9.17) is 14.3 Å². The van der Waals surface area contributed by atoms with Crippen LogP contribution in [0.2, 0.25) is 0 Å². The zero-order valence-electron chi connectivity index (χ0n) is 8.34. The quantitative estimate of drug-likeness (QED) is 0.760. The molecule has 1 aromatic rings. The summed E-state index contributed by atoms with van der Waals surface area (Å²) >= 11 is 0.988. The number of rotatable bonds is 4. The van der Waals surface area contributed by atoms with Crippen LogP contribution >= 0.6 is 18.2 Å². The highest BCUT2D eigenvalue weighted by atomic mass is 32.7. The minimum absolute atomic E-state index is 0.277. The summed E-state index contributed by atoms with van der Waals surface area (Å²) in [4.78, 5) is 0. The summed E-state index contributed by atoms with van der Waals surface area (Å²) < 4.78 is 21.8. The molecule has 0 spiro atoms. The number of hydrogen-bond donors (Lipinski definition) is 0. The number of nitrogens with zero attached hydrogens (tertiary/aromatic N) is 1. The third kappa shape index (κ3) is 3.00. The molecule has 1 rings (SSSR count). The summed E-state index contributed by atoms with van der Waals surface area (Å²) in [6.45, 7) is -3.18. The molecule has 0 bridgehead atoms. The summed E-state index contributed by atoms with van der Waals surface area (Å²) in [5.74, 6) is 0.277. The molecule has 4 nitrogen and oxygen atoms in total. The van der Waals surface area contributed by atoms with E-state index in [-0.39, 0.29) is 5.75 Å². The SMILES string of the molecule is COP(=O)(Oc1ccccc1C#N)SC. The molecule has 0 saturated carbocycles. The second-order valence-corrected chi connectivity index (χ2v) is 6.76. The zero-order chi connectivity index (χ0) is 11.3. The second kappa shape index (κ2) is 5.22. The van der Waals surface area contributed by atoms with E-state index in [9.17, 15) is 4.57 Å². The van der Waals surface area contributed by atoms with Gasteiger partial charge in [0, 0.05) is 7.11 Å². The molecular weight excluding hydrogens is 233 g/mol. The summed E-state index contributed by atoms with van der Waals surface area (Å²) in [5.41, 5.74) is 0.337. The maximum atomic E-state index is 11.8. The third-order valence-corrected chi connectivity index (χ3v) is 4.99. The molecule has 1 atom stereocenters. The van der Waals surface area contributed by atoms with Crippen molar-refractivity contribution in [1.82, 2.24) is 0 Å². The Balaban J connectivity index is 2.99. The van der Waals surface area contributed by atoms with Crippen LogP contribution < -0.4 is 4.52 Å². The largest absolute Gasteiger partial charge is 0.439 e. The van der Waals surface area contributed by atoms with E-state index in [2.05, 4.69) is 0 Å². The van der Waals surface area contributed by atoms with Crippen LogP contribution in [-0.4, -0.2) is 13.4 Å². The minimum Gasteiger partial charge on any atom is -0.416 e. The van der Waals surface area contributed by atoms with Gasteiger partial charge in [0.15, 0.2) is 0 Å². The highest BCUT2D eigenvalue weighted by Crippen LogP contribution is 2.58. The summed E-state index contributed by atoms with van der Waals surface area (Å²) in [7, 11) is 1.31. The maximum Gasteiger partial charge on any atom is 0.439 e. The molecular formula is C9H10NO3PS. The number of benzene rings is 1. The highest BCUT2D eigenvalue weighted by Gasteiger charge is 2.24. The van der Waals surface area contributed by atoms with Crippen LogP contribution in [0.25, 0.3) is 0 Å². The Labute approximate surface area is 92.5 Å². The number of hydrogen-bond acceptors (Lipinski definition) is 5. The molecule has 15 heavy (non-hydrogen) atoms. The molecule has 0 aliphatic rings. The van der Waals surface area contributed by atoms with E-state index in [1.807, 2.05) is 6.07 Å². The lowest BCUT2D eigenvalue weighted by Crippen LogP contribution is -1.93. The van der Waals surface area contributed by atoms with Gasteiger partial charge in [-0.05, 0) is 29.8 Å². The van der Waals surface area contributed by atoms with Gasteiger partial charge in [-0.1, -0.05) is 12.1 Å². The van der Waals surface area contributed by atoms with Crippen molar-refractivity contribution in [2.75, 3.05) is 13.4 Å². The average molecular weight is 243 g/mol. The summed E-state index contributed by atoms with van der Waals surface area (Å²) in [5, 5.41) is 8.79. The van der Waals surface area contributed by atoms with E-state index in [0.717, 1.165) is 11.4 Å². The van der Waals surface area contributed by atoms with E-state index in [0.29, 0.717) is 5.56 Å². The predicted octanol–water partition coefficient (Wildman–Crippen LogP) is 3.05. The molecule has 0 aliphatic carbocycles. The standard InChI is InChI=1S/C9H10NO3PS/c1-12-14(11,15-2)13-9-6-4-3-5-8(9)7-10/h3-6H,1-2H3. The van der Waals surface area contributed by atoms with Gasteiger partial charge in [0.1, 0.15) is 11.8 Å². The molecule has 0 N–H and O–H groups in total. The molecule has 0 aromatic heterocycles. The molecule has 1 unspecified atom stereocenters. The van der Waals surface area contributed by atoms with Crippen LogP contribution in [0.15, 0.2) is 24.3 Å². The van der Waals surface area contributed by atoms with Crippen molar-refractivity contribution in [1.29, 1.82) is 5.26 Å². The monoisotopic (exact) mass is 243 g/mol. The molecule has 80 valence electrons. The minimum atomic E-state index is -3.18. The van der Waals surface area contributed by atoms with Gasteiger partial charge in [-0.15, -0.1) is 0 Å². The molecule has 6 heteroatoms. The molecule has 0 saturated heterocycles. The van der Waals surface area contributed by atoms with Gasteiger partial charge in [0.2, 0.25) is 0 Å². The Morgan fingerprint density at radius 3 is 2.67 bits per heavy atom. The fourth-order valence-electron chi connectivity index (χ4n) is 0.908. The smallest absolute Gasteiger partial charge is 0.416 e. The van der Waals surface area contributed by atoms with Crippen LogP contribution in [0, 0.1) is 11.3 Å². The highest BCUT2D eigenvalue weighted by molar-refractivity contribution is 8.54. The molecule has 1 aromatic carbocycles. The van der Waals surface area contributed by atoms with E-state index in [1.54, 1.807) is 30.5 Å². The van der Waals surface area contributed by atoms with Crippen molar-refractivity contribution in [2.24, 2.45) is 0 Å². The Morgan fingerprint density at radius 2 is 2.13 bits per heavy atom. The van der Waals surface area contributed by atoms with Crippen molar-refractivity contribution in [3.05, 3.63) is 29.8 Å². The molecule has 0 aliphatic heterocycles. The van der Waals surface area contributed by atoms with E-state index >= 15 is 0 Å². The van der Waals surface area contributed by atoms with E-state index in [1.165, 1.54) is 7.11 Å². The maximum absolute atomic E-state index is 11.8. The van der Waals surface area contributed by atoms with Crippen molar-refractivity contribution >= 4 is 18.2 Å². The van der Waals surface area contributed by atoms with Crippen LogP contribution in [0.3, 0.4) is 0 Å². The third-order valence-electron chi connectivity index (χ3n) is 1.66. The van der Waals surface area contributed by atoms with Gasteiger partial charge >= 0.3 is 6.80 Å². The fraction of sp³-hybridized carbons (Fsp3) is 0.222. The predicted molar refractivity (Wildman–Crippen MR) is 59.9 cm³/mol. The Hall–Kier alpha value is -0.950. The Bertz CT molecular complexity index is 422. The van der Waals surface area contributed by atoms with Gasteiger partial charge in [-0.25, -0.2) is 4.57 Å². The molecule has 0 fully saturated rings. The normalized spacial score (nSPS) is 13.9. The van der Waals surface area contributed by atoms with Gasteiger partial charge in [-0.3, -0.25) is 4.52 Å². The van der Waals surface area contributed by atoms with Gasteiger partial charge < -0.3 is 4.52 Å². The second-order valence-electron chi connectivity index (χ2n) is 2.51. The number of nitriles is 1. The topological polar surface area (TPSA) is 59.3 Å². The van der Waals surface area contributed by atoms with Gasteiger partial charge in [0.25, 0.3) is 0 Å². The lowest BCUT2D eigenvalue weighted by atomic mass is 10.2. The Kier molecular flexibility index (Phi) is 4.22. The number of para-hydroxylation sites is 1. The summed E-state index contributed by atoms with van der Waals surface area (Å²) in [6.07, 6.45) is 1.62. The first-order chi connectivity index (χ1) is 7.15. The molecule has 0 radical (unpaired) electrons. The Morgan fingerprint density at radius 1 is 1.47 bits per heavy atom. The van der Waals surface area contributed by atoms with Crippen LogP contribution in [0.4, 0.5) is 0 Å². The fourth-order valence-corrected chi connectivity index (χ4v) is 2.52. The first-order valence-corrected chi connectivity index (χ1v) is 7.42. The lowest BCUT2D eigenvalue weighted by Gasteiger charge is -2.14. The van der Waals surface area contributed by atoms with Gasteiger partial charge in [0.05, 0.1) is 5.56 Å². The van der Waals surface area contributed by atoms with Crippen LogP contribution in [0.1, 0.15) is 5.56 Å². The van der Waals surface area contributed by atoms with Crippen LogP contribution in [0.5, 0.6) is 5.75 Å². The zero-order valence-corrected chi connectivity index (χ0v) is 10.0. The van der Waals surface area contributed by atoms with Gasteiger partial charge in [-0.2, -0.15) is 5.26 Å². The lowest BCUT2D eigenvalue weighted by molar-refractivity contribution is 0.342. The van der Waals surface area contributed by atoms with Crippen molar-refractivity contribution in [2.45, 2.75) is 0 Å². The average Bonchev–Trinajstić information content (AvgIpc) is 2.29. The molecule has 0 amide bonds. The first-order valence-electron chi connectivity index (χ1n) is 4.05. The van der Waals surface area contributed by atoms with Crippen LogP contribution in [-0.2, 0) is 9.09 Å². The van der Waals surface area contributed by atoms with Crippen molar-refractivity contribution < 1.29 is 13.6 Å². The summed E-state index contributed by atoms with van der Waals surface area (Å²) in [6, 6.07) is 8.55. The van der Waals surface area contributed by atoms with Crippen molar-refractivity contribution in [3.8, 4) is 11.8 Å². The van der Waals surface area contributed by atoms with E-state index < -0.39 is 6.80 Å². The first kappa shape index (κ1) is 12.1. The molecule has 0 heterocycles.